The average Bonchev–Trinajstić information content (AvgIpc) is 2.94. The van der Waals surface area contributed by atoms with E-state index in [1.165, 1.54) is 32.1 Å². The molecule has 1 saturated carbocycles. The second-order valence-corrected chi connectivity index (χ2v) is 4.80. The molecule has 2 heterocycles. The van der Waals surface area contributed by atoms with Crippen molar-refractivity contribution in [3.8, 4) is 5.82 Å². The number of rotatable bonds is 3. The Labute approximate surface area is 107 Å². The Morgan fingerprint density at radius 1 is 1.11 bits per heavy atom. The molecule has 0 amide bonds. The molecular formula is C14H18N4. The van der Waals surface area contributed by atoms with Crippen LogP contribution in [0.15, 0.2) is 36.8 Å². The van der Waals surface area contributed by atoms with E-state index in [-0.39, 0.29) is 0 Å². The lowest BCUT2D eigenvalue weighted by Gasteiger charge is -2.24. The Balaban J connectivity index is 1.83. The summed E-state index contributed by atoms with van der Waals surface area (Å²) in [7, 11) is 0. The van der Waals surface area contributed by atoms with E-state index < -0.39 is 0 Å². The zero-order chi connectivity index (χ0) is 12.2. The van der Waals surface area contributed by atoms with Crippen LogP contribution in [0.3, 0.4) is 0 Å². The summed E-state index contributed by atoms with van der Waals surface area (Å²) in [5.74, 6) is 0.882. The molecule has 94 valence electrons. The van der Waals surface area contributed by atoms with E-state index in [0.717, 1.165) is 11.5 Å². The topological polar surface area (TPSA) is 42.7 Å². The number of nitrogens with one attached hydrogen (secondary N) is 1. The molecule has 18 heavy (non-hydrogen) atoms. The SMILES string of the molecule is c1cnc(-n2cccn2)c(NC2CCCCC2)c1. The van der Waals surface area contributed by atoms with Crippen LogP contribution in [0.1, 0.15) is 32.1 Å². The highest BCUT2D eigenvalue weighted by Crippen LogP contribution is 2.24. The van der Waals surface area contributed by atoms with Gasteiger partial charge in [0, 0.05) is 24.6 Å². The van der Waals surface area contributed by atoms with E-state index in [0.29, 0.717) is 6.04 Å². The normalized spacial score (nSPS) is 16.7. The maximum Gasteiger partial charge on any atom is 0.176 e. The van der Waals surface area contributed by atoms with E-state index in [1.54, 1.807) is 6.20 Å². The van der Waals surface area contributed by atoms with Gasteiger partial charge >= 0.3 is 0 Å². The van der Waals surface area contributed by atoms with Crippen molar-refractivity contribution in [2.75, 3.05) is 5.32 Å². The molecule has 0 bridgehead atoms. The molecule has 0 saturated heterocycles. The Morgan fingerprint density at radius 2 is 2.00 bits per heavy atom. The maximum atomic E-state index is 4.42. The fourth-order valence-corrected chi connectivity index (χ4v) is 2.55. The molecule has 2 aromatic heterocycles. The van der Waals surface area contributed by atoms with Crippen LogP contribution in [0.25, 0.3) is 5.82 Å². The van der Waals surface area contributed by atoms with E-state index >= 15 is 0 Å². The van der Waals surface area contributed by atoms with E-state index in [2.05, 4.69) is 21.5 Å². The molecule has 3 rings (SSSR count). The minimum atomic E-state index is 0.581. The van der Waals surface area contributed by atoms with Crippen LogP contribution in [0, 0.1) is 0 Å². The van der Waals surface area contributed by atoms with Crippen molar-refractivity contribution in [1.82, 2.24) is 14.8 Å². The van der Waals surface area contributed by atoms with Gasteiger partial charge in [0.1, 0.15) is 0 Å². The van der Waals surface area contributed by atoms with E-state index in [1.807, 2.05) is 29.2 Å². The molecule has 4 heteroatoms. The van der Waals surface area contributed by atoms with Crippen molar-refractivity contribution in [2.45, 2.75) is 38.1 Å². The van der Waals surface area contributed by atoms with Crippen molar-refractivity contribution in [3.05, 3.63) is 36.8 Å². The lowest BCUT2D eigenvalue weighted by molar-refractivity contribution is 0.462. The zero-order valence-electron chi connectivity index (χ0n) is 10.4. The molecule has 0 unspecified atom stereocenters. The zero-order valence-corrected chi connectivity index (χ0v) is 10.4. The van der Waals surface area contributed by atoms with E-state index in [9.17, 15) is 0 Å². The highest BCUT2D eigenvalue weighted by atomic mass is 15.3. The van der Waals surface area contributed by atoms with Gasteiger partial charge in [-0.3, -0.25) is 0 Å². The third-order valence-electron chi connectivity index (χ3n) is 3.47. The minimum absolute atomic E-state index is 0.581. The summed E-state index contributed by atoms with van der Waals surface area (Å²) in [5, 5.41) is 7.87. The molecule has 1 fully saturated rings. The molecule has 0 radical (unpaired) electrons. The highest BCUT2D eigenvalue weighted by molar-refractivity contribution is 5.56. The summed E-state index contributed by atoms with van der Waals surface area (Å²) in [6.45, 7) is 0. The van der Waals surface area contributed by atoms with Gasteiger partial charge in [-0.25, -0.2) is 9.67 Å². The second kappa shape index (κ2) is 5.21. The summed E-state index contributed by atoms with van der Waals surface area (Å²) >= 11 is 0. The Kier molecular flexibility index (Phi) is 3.26. The molecule has 0 atom stereocenters. The van der Waals surface area contributed by atoms with Gasteiger partial charge in [-0.2, -0.15) is 5.10 Å². The number of pyridine rings is 1. The van der Waals surface area contributed by atoms with Crippen LogP contribution in [0.4, 0.5) is 5.69 Å². The molecule has 1 aliphatic rings. The van der Waals surface area contributed by atoms with Gasteiger partial charge in [0.15, 0.2) is 5.82 Å². The van der Waals surface area contributed by atoms with Crippen LogP contribution < -0.4 is 5.32 Å². The average molecular weight is 242 g/mol. The Hall–Kier alpha value is -1.84. The number of anilines is 1. The Bertz CT molecular complexity index is 486. The molecule has 2 aromatic rings. The molecule has 0 aromatic carbocycles. The van der Waals surface area contributed by atoms with Gasteiger partial charge in [0.05, 0.1) is 5.69 Å². The third-order valence-corrected chi connectivity index (χ3v) is 3.47. The van der Waals surface area contributed by atoms with Crippen molar-refractivity contribution in [1.29, 1.82) is 0 Å². The van der Waals surface area contributed by atoms with Crippen LogP contribution in [-0.4, -0.2) is 20.8 Å². The lowest BCUT2D eigenvalue weighted by atomic mass is 9.95. The van der Waals surface area contributed by atoms with Gasteiger partial charge in [0.2, 0.25) is 0 Å². The number of hydrogen-bond donors (Lipinski definition) is 1. The molecule has 1 aliphatic carbocycles. The number of aromatic nitrogens is 3. The quantitative estimate of drug-likeness (QED) is 0.899. The summed E-state index contributed by atoms with van der Waals surface area (Å²) in [6, 6.07) is 6.55. The smallest absolute Gasteiger partial charge is 0.176 e. The summed E-state index contributed by atoms with van der Waals surface area (Å²) in [4.78, 5) is 4.42. The monoisotopic (exact) mass is 242 g/mol. The van der Waals surface area contributed by atoms with Crippen molar-refractivity contribution in [3.63, 3.8) is 0 Å². The standard InChI is InChI=1S/C14H18N4/c1-2-6-12(7-3-1)17-13-8-4-9-15-14(13)18-11-5-10-16-18/h4-5,8-12,17H,1-3,6-7H2. The molecule has 4 nitrogen and oxygen atoms in total. The van der Waals surface area contributed by atoms with Crippen LogP contribution in [0.5, 0.6) is 0 Å². The lowest BCUT2D eigenvalue weighted by Crippen LogP contribution is -2.23. The molecule has 1 N–H and O–H groups in total. The van der Waals surface area contributed by atoms with Crippen molar-refractivity contribution >= 4 is 5.69 Å². The molecule has 0 aliphatic heterocycles. The fraction of sp³-hybridized carbons (Fsp3) is 0.429. The fourth-order valence-electron chi connectivity index (χ4n) is 2.55. The predicted octanol–water partition coefficient (Wildman–Crippen LogP) is 3.01. The largest absolute Gasteiger partial charge is 0.379 e. The van der Waals surface area contributed by atoms with Gasteiger partial charge in [-0.15, -0.1) is 0 Å². The van der Waals surface area contributed by atoms with Gasteiger partial charge in [0.25, 0.3) is 0 Å². The van der Waals surface area contributed by atoms with Crippen LogP contribution >= 0.6 is 0 Å². The first kappa shape index (κ1) is 11.3. The minimum Gasteiger partial charge on any atom is -0.379 e. The van der Waals surface area contributed by atoms with Crippen LogP contribution in [-0.2, 0) is 0 Å². The predicted molar refractivity (Wildman–Crippen MR) is 71.9 cm³/mol. The van der Waals surface area contributed by atoms with Crippen molar-refractivity contribution < 1.29 is 0 Å². The van der Waals surface area contributed by atoms with Gasteiger partial charge in [-0.05, 0) is 31.0 Å². The maximum absolute atomic E-state index is 4.42. The third kappa shape index (κ3) is 2.37. The molecule has 0 spiro atoms. The first-order valence-electron chi connectivity index (χ1n) is 6.65. The summed E-state index contributed by atoms with van der Waals surface area (Å²) in [5.41, 5.74) is 1.08. The molecular weight excluding hydrogens is 224 g/mol. The van der Waals surface area contributed by atoms with Crippen molar-refractivity contribution in [2.24, 2.45) is 0 Å². The summed E-state index contributed by atoms with van der Waals surface area (Å²) < 4.78 is 1.81. The highest BCUT2D eigenvalue weighted by Gasteiger charge is 2.15. The first-order chi connectivity index (χ1) is 8.93. The van der Waals surface area contributed by atoms with E-state index in [4.69, 9.17) is 0 Å². The van der Waals surface area contributed by atoms with Gasteiger partial charge in [-0.1, -0.05) is 19.3 Å². The number of nitrogens with zero attached hydrogens (tertiary/aromatic N) is 3. The second-order valence-electron chi connectivity index (χ2n) is 4.80. The Morgan fingerprint density at radius 3 is 2.78 bits per heavy atom. The summed E-state index contributed by atoms with van der Waals surface area (Å²) in [6.07, 6.45) is 12.1. The van der Waals surface area contributed by atoms with Crippen LogP contribution in [0.2, 0.25) is 0 Å². The van der Waals surface area contributed by atoms with Gasteiger partial charge < -0.3 is 5.32 Å². The first-order valence-corrected chi connectivity index (χ1v) is 6.65. The number of hydrogen-bond acceptors (Lipinski definition) is 3.